The van der Waals surface area contributed by atoms with E-state index >= 15 is 0 Å². The van der Waals surface area contributed by atoms with Crippen molar-refractivity contribution in [2.24, 2.45) is 0 Å². The minimum atomic E-state index is -4.53. The van der Waals surface area contributed by atoms with Gasteiger partial charge in [-0.2, -0.15) is 13.2 Å². The summed E-state index contributed by atoms with van der Waals surface area (Å²) in [5, 5.41) is -0.231. The summed E-state index contributed by atoms with van der Waals surface area (Å²) >= 11 is 5.91. The number of alkyl halides is 3. The number of carbonyl (C=O) groups excluding carboxylic acids is 2. The van der Waals surface area contributed by atoms with Crippen LogP contribution < -0.4 is 14.4 Å². The number of fused-ring (bicyclic) bond motifs is 1. The maximum absolute atomic E-state index is 12.8. The number of rotatable bonds is 3. The third kappa shape index (κ3) is 3.69. The SMILES string of the molecule is COC(=O)C1(C)Oc2cc(Oc3ccc(C(F)(F)F)cc3Cl)ccc2N(C)C1=O. The van der Waals surface area contributed by atoms with Crippen LogP contribution in [0.3, 0.4) is 0 Å². The van der Waals surface area contributed by atoms with Crippen LogP contribution in [-0.2, 0) is 20.5 Å². The van der Waals surface area contributed by atoms with Gasteiger partial charge in [0.2, 0.25) is 0 Å². The Morgan fingerprint density at radius 1 is 1.21 bits per heavy atom. The second-order valence-electron chi connectivity index (χ2n) is 6.37. The van der Waals surface area contributed by atoms with Crippen molar-refractivity contribution in [2.45, 2.75) is 18.7 Å². The van der Waals surface area contributed by atoms with Crippen molar-refractivity contribution < 1.29 is 37.0 Å². The predicted molar refractivity (Wildman–Crippen MR) is 97.4 cm³/mol. The maximum Gasteiger partial charge on any atom is 0.416 e. The molecule has 2 aromatic rings. The third-order valence-electron chi connectivity index (χ3n) is 4.38. The highest BCUT2D eigenvalue weighted by atomic mass is 35.5. The summed E-state index contributed by atoms with van der Waals surface area (Å²) in [6.45, 7) is 1.28. The quantitative estimate of drug-likeness (QED) is 0.533. The molecule has 0 saturated heterocycles. The smallest absolute Gasteiger partial charge is 0.416 e. The Labute approximate surface area is 168 Å². The number of halogens is 4. The minimum absolute atomic E-state index is 0.00409. The van der Waals surface area contributed by atoms with Gasteiger partial charge in [0.1, 0.15) is 17.2 Å². The molecule has 10 heteroatoms. The van der Waals surface area contributed by atoms with E-state index in [-0.39, 0.29) is 22.3 Å². The molecule has 1 atom stereocenters. The molecule has 0 spiro atoms. The highest BCUT2D eigenvalue weighted by Crippen LogP contribution is 2.42. The Morgan fingerprint density at radius 2 is 1.90 bits per heavy atom. The molecule has 0 radical (unpaired) electrons. The number of hydrogen-bond donors (Lipinski definition) is 0. The Bertz CT molecular complexity index is 994. The fraction of sp³-hybridized carbons (Fsp3) is 0.263. The molecular weight excluding hydrogens is 415 g/mol. The van der Waals surface area contributed by atoms with Crippen molar-refractivity contribution >= 4 is 29.2 Å². The van der Waals surface area contributed by atoms with Crippen molar-refractivity contribution in [3.05, 3.63) is 47.0 Å². The van der Waals surface area contributed by atoms with Crippen LogP contribution in [0.15, 0.2) is 36.4 Å². The van der Waals surface area contributed by atoms with Crippen molar-refractivity contribution in [2.75, 3.05) is 19.1 Å². The van der Waals surface area contributed by atoms with Crippen LogP contribution in [0.4, 0.5) is 18.9 Å². The van der Waals surface area contributed by atoms with Crippen LogP contribution in [0.1, 0.15) is 12.5 Å². The van der Waals surface area contributed by atoms with Gasteiger partial charge in [0.15, 0.2) is 0 Å². The fourth-order valence-corrected chi connectivity index (χ4v) is 3.04. The van der Waals surface area contributed by atoms with Gasteiger partial charge >= 0.3 is 12.1 Å². The summed E-state index contributed by atoms with van der Waals surface area (Å²) in [6, 6.07) is 7.09. The first-order valence-electron chi connectivity index (χ1n) is 8.21. The highest BCUT2D eigenvalue weighted by molar-refractivity contribution is 6.32. The minimum Gasteiger partial charge on any atom is -0.466 e. The van der Waals surface area contributed by atoms with Gasteiger partial charge in [0, 0.05) is 13.1 Å². The van der Waals surface area contributed by atoms with Crippen LogP contribution in [0.2, 0.25) is 5.02 Å². The number of amides is 1. The number of methoxy groups -OCH3 is 1. The highest BCUT2D eigenvalue weighted by Gasteiger charge is 2.51. The molecule has 0 aromatic heterocycles. The van der Waals surface area contributed by atoms with Crippen LogP contribution in [0.5, 0.6) is 17.2 Å². The molecule has 0 fully saturated rings. The first-order chi connectivity index (χ1) is 13.5. The van der Waals surface area contributed by atoms with Crippen molar-refractivity contribution in [1.82, 2.24) is 0 Å². The van der Waals surface area contributed by atoms with Gasteiger partial charge < -0.3 is 19.1 Å². The van der Waals surface area contributed by atoms with E-state index < -0.39 is 29.2 Å². The third-order valence-corrected chi connectivity index (χ3v) is 4.68. The first-order valence-corrected chi connectivity index (χ1v) is 8.59. The first kappa shape index (κ1) is 20.8. The van der Waals surface area contributed by atoms with Crippen LogP contribution in [0, 0.1) is 0 Å². The number of nitrogens with zero attached hydrogens (tertiary/aromatic N) is 1. The van der Waals surface area contributed by atoms with E-state index in [4.69, 9.17) is 21.1 Å². The summed E-state index contributed by atoms with van der Waals surface area (Å²) in [4.78, 5) is 25.8. The summed E-state index contributed by atoms with van der Waals surface area (Å²) < 4.78 is 54.1. The molecule has 0 saturated carbocycles. The molecule has 1 unspecified atom stereocenters. The molecule has 2 aromatic carbocycles. The molecule has 0 bridgehead atoms. The van der Waals surface area contributed by atoms with Gasteiger partial charge in [-0.05, 0) is 37.3 Å². The standard InChI is InChI=1S/C19H15ClF3NO5/c1-18(17(26)27-3)16(25)24(2)13-6-5-11(9-15(13)29-18)28-14-7-4-10(8-12(14)20)19(21,22)23/h4-9H,1-3H3. The van der Waals surface area contributed by atoms with E-state index in [1.807, 2.05) is 0 Å². The lowest BCUT2D eigenvalue weighted by molar-refractivity contribution is -0.163. The molecule has 1 heterocycles. The van der Waals surface area contributed by atoms with E-state index in [9.17, 15) is 22.8 Å². The van der Waals surface area contributed by atoms with Crippen molar-refractivity contribution in [3.63, 3.8) is 0 Å². The largest absolute Gasteiger partial charge is 0.466 e. The molecule has 29 heavy (non-hydrogen) atoms. The average molecular weight is 430 g/mol. The Kier molecular flexibility index (Phi) is 5.12. The summed E-state index contributed by atoms with van der Waals surface area (Å²) in [7, 11) is 2.60. The predicted octanol–water partition coefficient (Wildman–Crippen LogP) is 4.44. The second-order valence-corrected chi connectivity index (χ2v) is 6.77. The molecule has 0 N–H and O–H groups in total. The Morgan fingerprint density at radius 3 is 2.48 bits per heavy atom. The van der Waals surface area contributed by atoms with E-state index in [0.29, 0.717) is 5.69 Å². The number of benzene rings is 2. The van der Waals surface area contributed by atoms with E-state index in [1.54, 1.807) is 0 Å². The fourth-order valence-electron chi connectivity index (χ4n) is 2.82. The summed E-state index contributed by atoms with van der Waals surface area (Å²) in [5.41, 5.74) is -2.42. The van der Waals surface area contributed by atoms with Gasteiger partial charge in [-0.15, -0.1) is 0 Å². The average Bonchev–Trinajstić information content (AvgIpc) is 2.66. The number of hydrogen-bond acceptors (Lipinski definition) is 5. The topological polar surface area (TPSA) is 65.1 Å². The summed E-state index contributed by atoms with van der Waals surface area (Å²) in [6.07, 6.45) is -4.53. The van der Waals surface area contributed by atoms with Crippen molar-refractivity contribution in [3.8, 4) is 17.2 Å². The zero-order valence-corrected chi connectivity index (χ0v) is 16.2. The van der Waals surface area contributed by atoms with Crippen molar-refractivity contribution in [1.29, 1.82) is 0 Å². The normalized spacial score (nSPS) is 18.7. The lowest BCUT2D eigenvalue weighted by Crippen LogP contribution is -2.58. The number of ether oxygens (including phenoxy) is 3. The molecule has 1 aliphatic heterocycles. The Balaban J connectivity index is 1.93. The second kappa shape index (κ2) is 7.14. The van der Waals surface area contributed by atoms with Crippen LogP contribution in [0.25, 0.3) is 0 Å². The van der Waals surface area contributed by atoms with Gasteiger partial charge in [-0.1, -0.05) is 11.6 Å². The number of carbonyl (C=O) groups is 2. The molecule has 3 rings (SSSR count). The molecule has 1 aliphatic rings. The number of likely N-dealkylation sites (N-methyl/N-ethyl adjacent to an activating group) is 1. The van der Waals surface area contributed by atoms with Crippen LogP contribution >= 0.6 is 11.6 Å². The molecular formula is C19H15ClF3NO5. The monoisotopic (exact) mass is 429 g/mol. The molecule has 154 valence electrons. The maximum atomic E-state index is 12.8. The summed E-state index contributed by atoms with van der Waals surface area (Å²) in [5.74, 6) is -1.16. The zero-order valence-electron chi connectivity index (χ0n) is 15.5. The lowest BCUT2D eigenvalue weighted by atomic mass is 10.0. The number of esters is 1. The van der Waals surface area contributed by atoms with Crippen LogP contribution in [-0.4, -0.2) is 31.6 Å². The van der Waals surface area contributed by atoms with Gasteiger partial charge in [0.25, 0.3) is 11.5 Å². The van der Waals surface area contributed by atoms with E-state index in [1.165, 1.54) is 37.1 Å². The number of anilines is 1. The lowest BCUT2D eigenvalue weighted by Gasteiger charge is -2.37. The van der Waals surface area contributed by atoms with Gasteiger partial charge in [0.05, 0.1) is 23.4 Å². The molecule has 1 amide bonds. The zero-order chi connectivity index (χ0) is 21.6. The Hall–Kier alpha value is -2.94. The van der Waals surface area contributed by atoms with Gasteiger partial charge in [-0.3, -0.25) is 4.79 Å². The van der Waals surface area contributed by atoms with E-state index in [2.05, 4.69) is 4.74 Å². The molecule has 0 aliphatic carbocycles. The van der Waals surface area contributed by atoms with Gasteiger partial charge in [-0.25, -0.2) is 4.79 Å². The molecule has 6 nitrogen and oxygen atoms in total. The van der Waals surface area contributed by atoms with E-state index in [0.717, 1.165) is 25.3 Å².